The molecule has 0 radical (unpaired) electrons. The smallest absolute Gasteiger partial charge is 0.410 e. The first-order chi connectivity index (χ1) is 7.81. The third kappa shape index (κ3) is 0.757. The van der Waals surface area contributed by atoms with Gasteiger partial charge in [0.1, 0.15) is 17.9 Å². The van der Waals surface area contributed by atoms with Crippen molar-refractivity contribution in [2.24, 2.45) is 0 Å². The van der Waals surface area contributed by atoms with Gasteiger partial charge in [-0.1, -0.05) is 0 Å². The third-order valence-electron chi connectivity index (χ3n) is 3.87. The molecule has 1 aromatic rings. The van der Waals surface area contributed by atoms with Crippen LogP contribution in [0.2, 0.25) is 0 Å². The Hall–Kier alpha value is -1.96. The van der Waals surface area contributed by atoms with Crippen LogP contribution in [-0.4, -0.2) is 33.7 Å². The molecule has 1 aromatic heterocycles. The molecule has 0 spiro atoms. The Morgan fingerprint density at radius 1 is 1.50 bits per heavy atom. The van der Waals surface area contributed by atoms with Gasteiger partial charge in [-0.2, -0.15) is 5.26 Å². The van der Waals surface area contributed by atoms with Crippen LogP contribution in [0.25, 0.3) is 0 Å². The molecule has 0 unspecified atom stereocenters. The first-order valence-electron chi connectivity index (χ1n) is 5.37. The van der Waals surface area contributed by atoms with Gasteiger partial charge in [-0.3, -0.25) is 4.90 Å². The zero-order valence-corrected chi connectivity index (χ0v) is 8.41. The topological polar surface area (TPSA) is 58.0 Å². The second-order valence-corrected chi connectivity index (χ2v) is 4.53. The molecule has 0 bridgehead atoms. The first-order valence-corrected chi connectivity index (χ1v) is 5.37. The maximum absolute atomic E-state index is 11.4. The quantitative estimate of drug-likeness (QED) is 0.653. The number of piperidine rings is 1. The number of fused-ring (bicyclic) bond motifs is 1. The molecule has 3 aliphatic rings. The van der Waals surface area contributed by atoms with Crippen molar-refractivity contribution < 1.29 is 9.53 Å². The predicted molar refractivity (Wildman–Crippen MR) is 52.5 cm³/mol. The normalized spacial score (nSPS) is 38.2. The highest BCUT2D eigenvalue weighted by atomic mass is 16.6. The van der Waals surface area contributed by atoms with Crippen molar-refractivity contribution in [3.05, 3.63) is 24.0 Å². The number of hydrogen-bond acceptors (Lipinski definition) is 3. The van der Waals surface area contributed by atoms with E-state index in [0.29, 0.717) is 5.69 Å². The molecule has 5 heteroatoms. The number of ether oxygens (including phenoxy) is 1. The minimum Gasteiger partial charge on any atom is -0.444 e. The molecule has 4 atom stereocenters. The summed E-state index contributed by atoms with van der Waals surface area (Å²) in [6.45, 7) is 0. The van der Waals surface area contributed by atoms with Crippen molar-refractivity contribution in [3.8, 4) is 6.07 Å². The summed E-state index contributed by atoms with van der Waals surface area (Å²) in [4.78, 5) is 13.2. The average Bonchev–Trinajstić information content (AvgIpc) is 2.56. The van der Waals surface area contributed by atoms with Crippen LogP contribution in [0.1, 0.15) is 18.2 Å². The molecule has 4 rings (SSSR count). The molecular weight excluding hydrogens is 206 g/mol. The van der Waals surface area contributed by atoms with Gasteiger partial charge in [0.05, 0.1) is 18.1 Å². The van der Waals surface area contributed by atoms with Crippen LogP contribution >= 0.6 is 0 Å². The summed E-state index contributed by atoms with van der Waals surface area (Å²) in [5, 5.41) is 8.98. The Balaban J connectivity index is 1.73. The molecule has 3 heterocycles. The van der Waals surface area contributed by atoms with E-state index in [1.165, 1.54) is 0 Å². The molecule has 2 aliphatic heterocycles. The van der Waals surface area contributed by atoms with E-state index in [0.717, 1.165) is 6.42 Å². The number of aromatic nitrogens is 1. The van der Waals surface area contributed by atoms with E-state index in [-0.39, 0.29) is 30.3 Å². The summed E-state index contributed by atoms with van der Waals surface area (Å²) in [6.07, 6.45) is 2.60. The van der Waals surface area contributed by atoms with Crippen molar-refractivity contribution in [2.75, 3.05) is 0 Å². The van der Waals surface area contributed by atoms with Gasteiger partial charge in [-0.25, -0.2) is 4.79 Å². The highest BCUT2D eigenvalue weighted by Crippen LogP contribution is 2.54. The molecule has 2 saturated heterocycles. The van der Waals surface area contributed by atoms with Crippen LogP contribution in [0.3, 0.4) is 0 Å². The summed E-state index contributed by atoms with van der Waals surface area (Å²) < 4.78 is 7.18. The number of carbonyl (C=O) groups excluding carboxylic acids is 1. The fourth-order valence-corrected chi connectivity index (χ4v) is 3.20. The highest BCUT2D eigenvalue weighted by molar-refractivity contribution is 5.76. The average molecular weight is 215 g/mol. The molecule has 3 fully saturated rings. The lowest BCUT2D eigenvalue weighted by molar-refractivity contribution is 0.127. The number of amides is 1. The summed E-state index contributed by atoms with van der Waals surface area (Å²) in [5.41, 5.74) is 0.658. The van der Waals surface area contributed by atoms with E-state index in [2.05, 4.69) is 6.07 Å². The van der Waals surface area contributed by atoms with Crippen LogP contribution in [-0.2, 0) is 4.74 Å². The van der Waals surface area contributed by atoms with Crippen LogP contribution in [0, 0.1) is 11.3 Å². The maximum atomic E-state index is 11.4. The number of nitriles is 1. The molecule has 1 amide bonds. The second-order valence-electron chi connectivity index (χ2n) is 4.53. The van der Waals surface area contributed by atoms with Gasteiger partial charge >= 0.3 is 6.09 Å². The van der Waals surface area contributed by atoms with Gasteiger partial charge in [0.25, 0.3) is 0 Å². The van der Waals surface area contributed by atoms with Gasteiger partial charge in [-0.05, 0) is 12.1 Å². The van der Waals surface area contributed by atoms with Crippen LogP contribution < -0.4 is 0 Å². The van der Waals surface area contributed by atoms with Crippen LogP contribution in [0.15, 0.2) is 18.3 Å². The Labute approximate surface area is 91.8 Å². The fourth-order valence-electron chi connectivity index (χ4n) is 3.20. The Morgan fingerprint density at radius 2 is 2.38 bits per heavy atom. The van der Waals surface area contributed by atoms with E-state index in [9.17, 15) is 4.79 Å². The molecule has 5 nitrogen and oxygen atoms in total. The van der Waals surface area contributed by atoms with Crippen LogP contribution in [0.4, 0.5) is 4.79 Å². The van der Waals surface area contributed by atoms with Gasteiger partial charge in [0.15, 0.2) is 0 Å². The Kier molecular flexibility index (Phi) is 1.24. The monoisotopic (exact) mass is 215 g/mol. The van der Waals surface area contributed by atoms with E-state index in [1.807, 2.05) is 16.8 Å². The molecule has 80 valence electrons. The number of rotatable bonds is 1. The molecule has 16 heavy (non-hydrogen) atoms. The summed E-state index contributed by atoms with van der Waals surface area (Å²) in [7, 11) is 0. The summed E-state index contributed by atoms with van der Waals surface area (Å²) in [6, 6.07) is 6.58. The molecule has 0 N–H and O–H groups in total. The zero-order chi connectivity index (χ0) is 10.9. The van der Waals surface area contributed by atoms with Gasteiger partial charge in [0, 0.05) is 12.6 Å². The zero-order valence-electron chi connectivity index (χ0n) is 8.41. The first kappa shape index (κ1) is 8.22. The molecule has 1 aliphatic carbocycles. The maximum Gasteiger partial charge on any atom is 0.410 e. The summed E-state index contributed by atoms with van der Waals surface area (Å²) in [5.74, 6) is 0. The van der Waals surface area contributed by atoms with Crippen molar-refractivity contribution in [2.45, 2.75) is 30.7 Å². The van der Waals surface area contributed by atoms with Crippen molar-refractivity contribution in [3.63, 3.8) is 0 Å². The third-order valence-corrected chi connectivity index (χ3v) is 3.87. The minimum absolute atomic E-state index is 0.0384. The Bertz CT molecular complexity index is 530. The summed E-state index contributed by atoms with van der Waals surface area (Å²) >= 11 is 0. The van der Waals surface area contributed by atoms with Gasteiger partial charge < -0.3 is 9.30 Å². The molecule has 0 aromatic carbocycles. The van der Waals surface area contributed by atoms with E-state index in [1.54, 1.807) is 11.0 Å². The van der Waals surface area contributed by atoms with Crippen molar-refractivity contribution >= 4 is 6.09 Å². The molecular formula is C11H9N3O2. The number of carbonyl (C=O) groups is 1. The SMILES string of the molecule is N#Cc1cccn1[C@@H]1C[C@H]2OC(=O)N3[C@@H]1[C@@H]23. The minimum atomic E-state index is -0.187. The highest BCUT2D eigenvalue weighted by Gasteiger charge is 2.71. The number of hydrogen-bond donors (Lipinski definition) is 0. The second kappa shape index (κ2) is 2.40. The Morgan fingerprint density at radius 3 is 3.06 bits per heavy atom. The lowest BCUT2D eigenvalue weighted by atomic mass is 10.2. The lowest BCUT2D eigenvalue weighted by Gasteiger charge is -2.15. The standard InChI is InChI=1S/C11H9N3O2/c12-5-6-2-1-3-13(6)7-4-8-10-9(7)14(10)11(15)16-8/h1-3,7-10H,4H2/t7-,8-,9+,10-,14?/m1/s1. The van der Waals surface area contributed by atoms with Crippen molar-refractivity contribution in [1.29, 1.82) is 5.26 Å². The van der Waals surface area contributed by atoms with E-state index >= 15 is 0 Å². The van der Waals surface area contributed by atoms with Crippen LogP contribution in [0.5, 0.6) is 0 Å². The number of nitrogens with zero attached hydrogens (tertiary/aromatic N) is 3. The molecule has 1 saturated carbocycles. The lowest BCUT2D eigenvalue weighted by Crippen LogP contribution is -2.18. The largest absolute Gasteiger partial charge is 0.444 e. The van der Waals surface area contributed by atoms with E-state index in [4.69, 9.17) is 10.00 Å². The van der Waals surface area contributed by atoms with Crippen molar-refractivity contribution in [1.82, 2.24) is 9.47 Å². The van der Waals surface area contributed by atoms with Gasteiger partial charge in [0.2, 0.25) is 0 Å². The van der Waals surface area contributed by atoms with Gasteiger partial charge in [-0.15, -0.1) is 0 Å². The fraction of sp³-hybridized carbons (Fsp3) is 0.455. The van der Waals surface area contributed by atoms with E-state index < -0.39 is 0 Å². The predicted octanol–water partition coefficient (Wildman–Crippen LogP) is 0.876.